The van der Waals surface area contributed by atoms with Crippen LogP contribution in [-0.2, 0) is 0 Å². The largest absolute Gasteiger partial charge is 0.449 e. The lowest BCUT2D eigenvalue weighted by Gasteiger charge is -1.92. The van der Waals surface area contributed by atoms with E-state index in [9.17, 15) is 4.79 Å². The van der Waals surface area contributed by atoms with E-state index in [4.69, 9.17) is 4.42 Å². The molecule has 0 aliphatic carbocycles. The Kier molecular flexibility index (Phi) is 1.68. The molecule has 4 nitrogen and oxygen atoms in total. The Morgan fingerprint density at radius 2 is 2.12 bits per heavy atom. The molecule has 80 valence electrons. The van der Waals surface area contributed by atoms with Gasteiger partial charge in [-0.2, -0.15) is 0 Å². The van der Waals surface area contributed by atoms with Crippen LogP contribution in [0.4, 0.5) is 0 Å². The molecule has 0 saturated heterocycles. The molecule has 0 fully saturated rings. The van der Waals surface area contributed by atoms with Gasteiger partial charge >= 0.3 is 0 Å². The van der Waals surface area contributed by atoms with Crippen molar-refractivity contribution in [3.8, 4) is 0 Å². The summed E-state index contributed by atoms with van der Waals surface area (Å²) in [7, 11) is 0. The smallest absolute Gasteiger partial charge is 0.294 e. The van der Waals surface area contributed by atoms with Crippen LogP contribution in [0.15, 0.2) is 27.4 Å². The van der Waals surface area contributed by atoms with Gasteiger partial charge in [-0.15, -0.1) is 0 Å². The lowest BCUT2D eigenvalue weighted by atomic mass is 10.2. The highest BCUT2D eigenvalue weighted by molar-refractivity contribution is 6.02. The number of H-pyrrole nitrogens is 1. The normalized spacial score (nSPS) is 11.4. The maximum absolute atomic E-state index is 11.7. The topological polar surface area (TPSA) is 58.9 Å². The van der Waals surface area contributed by atoms with Crippen molar-refractivity contribution in [2.75, 3.05) is 0 Å². The predicted octanol–water partition coefficient (Wildman–Crippen LogP) is 2.29. The number of nitrogens with zero attached hydrogens (tertiary/aromatic N) is 1. The summed E-state index contributed by atoms with van der Waals surface area (Å²) in [6.07, 6.45) is 0. The van der Waals surface area contributed by atoms with Gasteiger partial charge < -0.3 is 9.40 Å². The second-order valence-electron chi connectivity index (χ2n) is 3.93. The first-order valence-electron chi connectivity index (χ1n) is 5.05. The fraction of sp³-hybridized carbons (Fsp3) is 0.167. The summed E-state index contributed by atoms with van der Waals surface area (Å²) in [5, 5.41) is 0.893. The molecular formula is C12H10N2O2. The molecule has 0 atom stereocenters. The van der Waals surface area contributed by atoms with Crippen molar-refractivity contribution in [2.24, 2.45) is 0 Å². The van der Waals surface area contributed by atoms with Gasteiger partial charge in [-0.05, 0) is 26.0 Å². The summed E-state index contributed by atoms with van der Waals surface area (Å²) in [6, 6.07) is 5.79. The fourth-order valence-corrected chi connectivity index (χ4v) is 1.88. The van der Waals surface area contributed by atoms with E-state index in [1.165, 1.54) is 0 Å². The summed E-state index contributed by atoms with van der Waals surface area (Å²) < 4.78 is 5.49. The van der Waals surface area contributed by atoms with Gasteiger partial charge in [0.25, 0.3) is 5.56 Å². The summed E-state index contributed by atoms with van der Waals surface area (Å²) in [5.41, 5.74) is 2.53. The Hall–Kier alpha value is -2.10. The third-order valence-electron chi connectivity index (χ3n) is 2.60. The second kappa shape index (κ2) is 2.95. The summed E-state index contributed by atoms with van der Waals surface area (Å²) in [4.78, 5) is 18.6. The molecule has 0 aliphatic heterocycles. The molecule has 0 spiro atoms. The maximum Gasteiger partial charge on any atom is 0.294 e. The highest BCUT2D eigenvalue weighted by Gasteiger charge is 2.11. The number of aromatic nitrogens is 2. The zero-order valence-corrected chi connectivity index (χ0v) is 9.00. The van der Waals surface area contributed by atoms with Gasteiger partial charge in [-0.25, -0.2) is 4.98 Å². The molecule has 1 aromatic carbocycles. The van der Waals surface area contributed by atoms with E-state index in [-0.39, 0.29) is 5.56 Å². The molecule has 3 aromatic rings. The van der Waals surface area contributed by atoms with Crippen LogP contribution in [0.2, 0.25) is 0 Å². The summed E-state index contributed by atoms with van der Waals surface area (Å²) in [5.74, 6) is 0.599. The number of nitrogens with one attached hydrogen (secondary N) is 1. The first kappa shape index (κ1) is 9.15. The van der Waals surface area contributed by atoms with Gasteiger partial charge in [0.05, 0.1) is 0 Å². The standard InChI is InChI=1S/C12H10N2O2/c1-6-3-4-9-8(5-6)10-11(16-9)12(15)14-7(2)13-10/h3-5H,1-2H3,(H,13,14,15). The first-order chi connectivity index (χ1) is 7.65. The summed E-state index contributed by atoms with van der Waals surface area (Å²) in [6.45, 7) is 3.76. The molecule has 0 saturated carbocycles. The van der Waals surface area contributed by atoms with Gasteiger partial charge in [0.2, 0.25) is 5.58 Å². The predicted molar refractivity (Wildman–Crippen MR) is 61.6 cm³/mol. The van der Waals surface area contributed by atoms with Crippen LogP contribution in [0, 0.1) is 13.8 Å². The van der Waals surface area contributed by atoms with Crippen LogP contribution in [-0.4, -0.2) is 9.97 Å². The van der Waals surface area contributed by atoms with Crippen molar-refractivity contribution in [2.45, 2.75) is 13.8 Å². The summed E-state index contributed by atoms with van der Waals surface area (Å²) >= 11 is 0. The van der Waals surface area contributed by atoms with Crippen molar-refractivity contribution in [3.63, 3.8) is 0 Å². The minimum atomic E-state index is -0.226. The van der Waals surface area contributed by atoms with E-state index in [1.54, 1.807) is 6.92 Å². The number of hydrogen-bond acceptors (Lipinski definition) is 3. The maximum atomic E-state index is 11.7. The zero-order chi connectivity index (χ0) is 11.3. The average Bonchev–Trinajstić information content (AvgIpc) is 2.57. The lowest BCUT2D eigenvalue weighted by Crippen LogP contribution is -2.07. The van der Waals surface area contributed by atoms with Crippen molar-refractivity contribution < 1.29 is 4.42 Å². The van der Waals surface area contributed by atoms with Gasteiger partial charge in [0.15, 0.2) is 0 Å². The Balaban J connectivity index is 2.62. The van der Waals surface area contributed by atoms with E-state index in [1.807, 2.05) is 25.1 Å². The molecule has 0 unspecified atom stereocenters. The van der Waals surface area contributed by atoms with E-state index in [2.05, 4.69) is 9.97 Å². The molecule has 0 amide bonds. The van der Waals surface area contributed by atoms with E-state index < -0.39 is 0 Å². The van der Waals surface area contributed by atoms with Crippen LogP contribution in [0.1, 0.15) is 11.4 Å². The Morgan fingerprint density at radius 3 is 2.94 bits per heavy atom. The lowest BCUT2D eigenvalue weighted by molar-refractivity contribution is 0.660. The first-order valence-corrected chi connectivity index (χ1v) is 5.05. The van der Waals surface area contributed by atoms with E-state index in [0.29, 0.717) is 22.5 Å². The van der Waals surface area contributed by atoms with Crippen LogP contribution < -0.4 is 5.56 Å². The number of furan rings is 1. The zero-order valence-electron chi connectivity index (χ0n) is 9.00. The molecule has 2 aromatic heterocycles. The van der Waals surface area contributed by atoms with Crippen LogP contribution in [0.25, 0.3) is 22.1 Å². The molecule has 0 radical (unpaired) electrons. The number of aromatic amines is 1. The molecule has 4 heteroatoms. The highest BCUT2D eigenvalue weighted by atomic mass is 16.3. The molecule has 3 rings (SSSR count). The van der Waals surface area contributed by atoms with Crippen molar-refractivity contribution in [1.29, 1.82) is 0 Å². The van der Waals surface area contributed by atoms with E-state index >= 15 is 0 Å². The Labute approximate surface area is 90.9 Å². The van der Waals surface area contributed by atoms with Crippen LogP contribution >= 0.6 is 0 Å². The number of fused-ring (bicyclic) bond motifs is 3. The van der Waals surface area contributed by atoms with Crippen molar-refractivity contribution in [3.05, 3.63) is 39.9 Å². The third kappa shape index (κ3) is 1.16. The number of rotatable bonds is 0. The third-order valence-corrected chi connectivity index (χ3v) is 2.60. The minimum Gasteiger partial charge on any atom is -0.449 e. The number of hydrogen-bond donors (Lipinski definition) is 1. The van der Waals surface area contributed by atoms with Crippen molar-refractivity contribution in [1.82, 2.24) is 9.97 Å². The quantitative estimate of drug-likeness (QED) is 0.624. The fourth-order valence-electron chi connectivity index (χ4n) is 1.88. The average molecular weight is 214 g/mol. The van der Waals surface area contributed by atoms with E-state index in [0.717, 1.165) is 10.9 Å². The minimum absolute atomic E-state index is 0.226. The number of benzene rings is 1. The van der Waals surface area contributed by atoms with Crippen LogP contribution in [0.5, 0.6) is 0 Å². The van der Waals surface area contributed by atoms with Gasteiger partial charge in [-0.1, -0.05) is 11.6 Å². The van der Waals surface area contributed by atoms with Gasteiger partial charge in [-0.3, -0.25) is 4.79 Å². The van der Waals surface area contributed by atoms with Gasteiger partial charge in [0.1, 0.15) is 16.9 Å². The Morgan fingerprint density at radius 1 is 1.31 bits per heavy atom. The van der Waals surface area contributed by atoms with Gasteiger partial charge in [0, 0.05) is 5.39 Å². The molecule has 0 aliphatic rings. The Bertz CT molecular complexity index is 753. The SMILES string of the molecule is Cc1ccc2oc3c(=O)[nH]c(C)nc3c2c1. The molecule has 2 heterocycles. The monoisotopic (exact) mass is 214 g/mol. The molecule has 1 N–H and O–H groups in total. The molecule has 16 heavy (non-hydrogen) atoms. The number of aryl methyl sites for hydroxylation is 2. The molecule has 0 bridgehead atoms. The van der Waals surface area contributed by atoms with Crippen LogP contribution in [0.3, 0.4) is 0 Å². The van der Waals surface area contributed by atoms with Crippen molar-refractivity contribution >= 4 is 22.1 Å². The molecular weight excluding hydrogens is 204 g/mol. The highest BCUT2D eigenvalue weighted by Crippen LogP contribution is 2.25. The second-order valence-corrected chi connectivity index (χ2v) is 3.93.